The standard InChI is InChI=1S/C20H25N3O8S2/c1-5-10-32(25,26)23(17-8-6-7-9-21-17)20(24)19(14(2)13-33(27,28)29)16-11-15(30-3)12-18(22-16)31-4/h5-9,11-12,14,19H,1,10,13H2,2-4H3,(H,27,28,29). The van der Waals surface area contributed by atoms with E-state index in [0.717, 1.165) is 6.08 Å². The molecule has 180 valence electrons. The molecular formula is C20H25N3O8S2. The Kier molecular flexibility index (Phi) is 8.52. The lowest BCUT2D eigenvalue weighted by molar-refractivity contribution is -0.119. The second-order valence-corrected chi connectivity index (χ2v) is 10.4. The van der Waals surface area contributed by atoms with Crippen molar-refractivity contribution >= 4 is 31.9 Å². The van der Waals surface area contributed by atoms with Crippen molar-refractivity contribution in [3.63, 3.8) is 0 Å². The van der Waals surface area contributed by atoms with Crippen LogP contribution in [0.1, 0.15) is 18.5 Å². The highest BCUT2D eigenvalue weighted by Crippen LogP contribution is 2.33. The summed E-state index contributed by atoms with van der Waals surface area (Å²) in [5, 5.41) is 0. The first-order valence-electron chi connectivity index (χ1n) is 9.57. The van der Waals surface area contributed by atoms with E-state index < -0.39 is 49.4 Å². The molecule has 2 unspecified atom stereocenters. The van der Waals surface area contributed by atoms with Crippen LogP contribution in [0, 0.1) is 5.92 Å². The summed E-state index contributed by atoms with van der Waals surface area (Å²) < 4.78 is 69.5. The number of pyridine rings is 2. The summed E-state index contributed by atoms with van der Waals surface area (Å²) in [6, 6.07) is 7.16. The van der Waals surface area contributed by atoms with Crippen molar-refractivity contribution < 1.29 is 35.7 Å². The third-order valence-electron chi connectivity index (χ3n) is 4.53. The zero-order valence-electron chi connectivity index (χ0n) is 18.3. The van der Waals surface area contributed by atoms with Crippen molar-refractivity contribution in [1.29, 1.82) is 0 Å². The van der Waals surface area contributed by atoms with Crippen molar-refractivity contribution in [3.05, 3.63) is 54.9 Å². The molecule has 11 nitrogen and oxygen atoms in total. The Balaban J connectivity index is 2.75. The highest BCUT2D eigenvalue weighted by Gasteiger charge is 2.40. The molecule has 2 atom stereocenters. The smallest absolute Gasteiger partial charge is 0.265 e. The number of ether oxygens (including phenoxy) is 2. The molecule has 2 rings (SSSR count). The van der Waals surface area contributed by atoms with Crippen LogP contribution >= 0.6 is 0 Å². The fourth-order valence-electron chi connectivity index (χ4n) is 3.19. The minimum atomic E-state index is -4.52. The first-order valence-corrected chi connectivity index (χ1v) is 12.8. The molecular weight excluding hydrogens is 474 g/mol. The first-order chi connectivity index (χ1) is 15.4. The van der Waals surface area contributed by atoms with Gasteiger partial charge in [-0.25, -0.2) is 18.4 Å². The maximum atomic E-state index is 13.8. The summed E-state index contributed by atoms with van der Waals surface area (Å²) in [5.41, 5.74) is -0.0120. The number of methoxy groups -OCH3 is 2. The molecule has 0 spiro atoms. The number of rotatable bonds is 11. The van der Waals surface area contributed by atoms with E-state index in [-0.39, 0.29) is 23.1 Å². The summed E-state index contributed by atoms with van der Waals surface area (Å²) in [7, 11) is -6.11. The molecule has 0 radical (unpaired) electrons. The van der Waals surface area contributed by atoms with Crippen LogP contribution in [0.2, 0.25) is 0 Å². The van der Waals surface area contributed by atoms with Crippen LogP contribution in [0.15, 0.2) is 49.2 Å². The van der Waals surface area contributed by atoms with Gasteiger partial charge in [0.05, 0.1) is 37.3 Å². The molecule has 0 fully saturated rings. The van der Waals surface area contributed by atoms with Gasteiger partial charge in [0.15, 0.2) is 0 Å². The van der Waals surface area contributed by atoms with Crippen molar-refractivity contribution in [2.75, 3.05) is 30.0 Å². The van der Waals surface area contributed by atoms with E-state index in [1.54, 1.807) is 6.07 Å². The average molecular weight is 500 g/mol. The third-order valence-corrected chi connectivity index (χ3v) is 7.06. The summed E-state index contributed by atoms with van der Waals surface area (Å²) in [6.45, 7) is 4.79. The molecule has 0 saturated heterocycles. The van der Waals surface area contributed by atoms with Crippen LogP contribution < -0.4 is 13.8 Å². The topological polar surface area (TPSA) is 153 Å². The Bertz CT molecular complexity index is 1180. The number of hydrogen-bond donors (Lipinski definition) is 1. The Morgan fingerprint density at radius 3 is 2.42 bits per heavy atom. The van der Waals surface area contributed by atoms with Gasteiger partial charge in [0.1, 0.15) is 11.6 Å². The number of nitrogens with zero attached hydrogens (tertiary/aromatic N) is 3. The minimum absolute atomic E-state index is 0.0120. The summed E-state index contributed by atoms with van der Waals surface area (Å²) in [4.78, 5) is 22.0. The number of sulfonamides is 1. The third kappa shape index (κ3) is 6.73. The molecule has 0 aromatic carbocycles. The van der Waals surface area contributed by atoms with Crippen LogP contribution in [0.5, 0.6) is 11.6 Å². The normalized spacial score (nSPS) is 13.6. The summed E-state index contributed by atoms with van der Waals surface area (Å²) >= 11 is 0. The van der Waals surface area contributed by atoms with E-state index in [9.17, 15) is 26.2 Å². The molecule has 1 N–H and O–H groups in total. The van der Waals surface area contributed by atoms with Gasteiger partial charge in [0.2, 0.25) is 15.9 Å². The second kappa shape index (κ2) is 10.7. The quantitative estimate of drug-likeness (QED) is 0.357. The van der Waals surface area contributed by atoms with E-state index in [1.165, 1.54) is 51.6 Å². The van der Waals surface area contributed by atoms with Crippen LogP contribution in [0.25, 0.3) is 0 Å². The molecule has 33 heavy (non-hydrogen) atoms. The molecule has 0 aliphatic carbocycles. The number of carbonyl (C=O) groups is 1. The fourth-order valence-corrected chi connectivity index (χ4v) is 5.27. The number of carbonyl (C=O) groups excluding carboxylic acids is 1. The van der Waals surface area contributed by atoms with Gasteiger partial charge >= 0.3 is 0 Å². The Morgan fingerprint density at radius 1 is 1.21 bits per heavy atom. The number of amides is 1. The van der Waals surface area contributed by atoms with Gasteiger partial charge < -0.3 is 9.47 Å². The maximum absolute atomic E-state index is 13.8. The number of anilines is 1. The van der Waals surface area contributed by atoms with Crippen LogP contribution in [-0.2, 0) is 24.9 Å². The predicted octanol–water partition coefficient (Wildman–Crippen LogP) is 1.65. The largest absolute Gasteiger partial charge is 0.496 e. The predicted molar refractivity (Wildman–Crippen MR) is 121 cm³/mol. The Labute approximate surface area is 192 Å². The van der Waals surface area contributed by atoms with Crippen LogP contribution in [-0.4, -0.2) is 63.0 Å². The molecule has 2 aromatic rings. The molecule has 0 bridgehead atoms. The van der Waals surface area contributed by atoms with E-state index in [2.05, 4.69) is 16.5 Å². The van der Waals surface area contributed by atoms with Gasteiger partial charge in [0.25, 0.3) is 16.0 Å². The van der Waals surface area contributed by atoms with Gasteiger partial charge in [-0.1, -0.05) is 19.1 Å². The lowest BCUT2D eigenvalue weighted by atomic mass is 9.90. The van der Waals surface area contributed by atoms with E-state index in [0.29, 0.717) is 4.31 Å². The van der Waals surface area contributed by atoms with E-state index in [1.807, 2.05) is 0 Å². The van der Waals surface area contributed by atoms with Crippen LogP contribution in [0.4, 0.5) is 5.82 Å². The second-order valence-electron chi connectivity index (χ2n) is 7.04. The highest BCUT2D eigenvalue weighted by molar-refractivity contribution is 7.93. The SMILES string of the molecule is C=CCS(=O)(=O)N(C(=O)C(c1cc(OC)cc(OC)n1)C(C)CS(=O)(=O)O)c1ccccn1. The van der Waals surface area contributed by atoms with Gasteiger partial charge in [-0.3, -0.25) is 9.35 Å². The minimum Gasteiger partial charge on any atom is -0.496 e. The first kappa shape index (κ1) is 26.2. The summed E-state index contributed by atoms with van der Waals surface area (Å²) in [5.74, 6) is -4.85. The van der Waals surface area contributed by atoms with E-state index in [4.69, 9.17) is 9.47 Å². The molecule has 2 heterocycles. The average Bonchev–Trinajstić information content (AvgIpc) is 2.72. The highest BCUT2D eigenvalue weighted by atomic mass is 32.2. The van der Waals surface area contributed by atoms with Gasteiger partial charge in [-0.15, -0.1) is 6.58 Å². The van der Waals surface area contributed by atoms with Crippen molar-refractivity contribution in [2.45, 2.75) is 12.8 Å². The lowest BCUT2D eigenvalue weighted by Crippen LogP contribution is -2.44. The lowest BCUT2D eigenvalue weighted by Gasteiger charge is -2.28. The molecule has 0 aliphatic rings. The number of hydrogen-bond acceptors (Lipinski definition) is 9. The van der Waals surface area contributed by atoms with Crippen LogP contribution in [0.3, 0.4) is 0 Å². The molecule has 1 amide bonds. The Morgan fingerprint density at radius 2 is 1.91 bits per heavy atom. The zero-order chi connectivity index (χ0) is 24.8. The van der Waals surface area contributed by atoms with E-state index >= 15 is 0 Å². The van der Waals surface area contributed by atoms with Gasteiger partial charge in [-0.2, -0.15) is 12.7 Å². The van der Waals surface area contributed by atoms with Crippen molar-refractivity contribution in [1.82, 2.24) is 9.97 Å². The van der Waals surface area contributed by atoms with Gasteiger partial charge in [-0.05, 0) is 18.1 Å². The zero-order valence-corrected chi connectivity index (χ0v) is 19.9. The maximum Gasteiger partial charge on any atom is 0.265 e. The van der Waals surface area contributed by atoms with Crippen molar-refractivity contribution in [3.8, 4) is 11.6 Å². The molecule has 0 saturated carbocycles. The number of aromatic nitrogens is 2. The molecule has 2 aromatic heterocycles. The monoisotopic (exact) mass is 499 g/mol. The van der Waals surface area contributed by atoms with Gasteiger partial charge in [0, 0.05) is 18.3 Å². The molecule has 0 aliphatic heterocycles. The molecule has 13 heteroatoms. The summed E-state index contributed by atoms with van der Waals surface area (Å²) in [6.07, 6.45) is 2.42. The fraction of sp³-hybridized carbons (Fsp3) is 0.350. The Hall–Kier alpha value is -3.03. The van der Waals surface area contributed by atoms with Crippen molar-refractivity contribution in [2.24, 2.45) is 5.92 Å².